The third-order valence-corrected chi connectivity index (χ3v) is 0. The van der Waals surface area contributed by atoms with Crippen molar-refractivity contribution in [3.63, 3.8) is 0 Å². The fraction of sp³-hybridized carbons (Fsp3) is 0. The van der Waals surface area contributed by atoms with Gasteiger partial charge in [-0.15, -0.1) is 0 Å². The van der Waals surface area contributed by atoms with Crippen LogP contribution in [0.1, 0.15) is 0 Å². The Balaban J connectivity index is -0.0000000133. The minimum atomic E-state index is -4.67. The maximum absolute atomic E-state index is 8.74. The van der Waals surface area contributed by atoms with Gasteiger partial charge in [0, 0.05) is 34.4 Å². The molecule has 0 fully saturated rings. The molecule has 0 atom stereocenters. The summed E-state index contributed by atoms with van der Waals surface area (Å²) in [5, 5.41) is 0. The van der Waals surface area contributed by atoms with Crippen LogP contribution in [0.3, 0.4) is 0 Å². The van der Waals surface area contributed by atoms with Crippen LogP contribution in [0.5, 0.6) is 0 Å². The van der Waals surface area contributed by atoms with E-state index in [4.69, 9.17) is 17.5 Å². The predicted molar refractivity (Wildman–Crippen MR) is 22.8 cm³/mol. The molecule has 0 radical (unpaired) electrons. The van der Waals surface area contributed by atoms with Gasteiger partial charge in [0.05, 0.1) is 0 Å². The molecule has 0 rings (SSSR count). The molecule has 7 N–H and O–H groups in total. The molecule has 0 unspecified atom stereocenters. The third kappa shape index (κ3) is 584. The Morgan fingerprint density at radius 1 is 1.11 bits per heavy atom. The van der Waals surface area contributed by atoms with Crippen molar-refractivity contribution in [2.24, 2.45) is 0 Å². The smallest absolute Gasteiger partial charge is 0.394 e. The minimum Gasteiger partial charge on any atom is -0.412 e. The van der Waals surface area contributed by atoms with Gasteiger partial charge in [0.2, 0.25) is 0 Å². The summed E-state index contributed by atoms with van der Waals surface area (Å²) in [5.41, 5.74) is 0. The summed E-state index contributed by atoms with van der Waals surface area (Å²) < 4.78 is 31.6. The Morgan fingerprint density at radius 3 is 1.11 bits per heavy atom. The van der Waals surface area contributed by atoms with Crippen LogP contribution in [-0.2, 0) is 44.8 Å². The fourth-order valence-corrected chi connectivity index (χ4v) is 0. The second-order valence-electron chi connectivity index (χ2n) is 0.448. The zero-order valence-corrected chi connectivity index (χ0v) is 7.28. The largest absolute Gasteiger partial charge is 0.412 e. The predicted octanol–water partition coefficient (Wildman–Crippen LogP) is -1.32. The molecule has 0 aromatic heterocycles. The van der Waals surface area contributed by atoms with E-state index in [9.17, 15) is 0 Å². The number of hydrogen-bond acceptors (Lipinski definition) is 3. The standard InChI is InChI=1S/Cr.Fe.H3N.H2O4S.H2O/c;;;1-5(2,3)4;/h;;1H3;(H2,1,2,3,4);1H2. The molecule has 0 aromatic carbocycles. The van der Waals surface area contributed by atoms with E-state index in [-0.39, 0.29) is 46.1 Å². The zero-order valence-electron chi connectivity index (χ0n) is 4.09. The molecule has 6 nitrogen and oxygen atoms in total. The molecule has 62 valence electrons. The van der Waals surface area contributed by atoms with E-state index < -0.39 is 10.4 Å². The van der Waals surface area contributed by atoms with Crippen molar-refractivity contribution in [1.82, 2.24) is 6.15 Å². The molecular weight excluding hydrogens is 234 g/mol. The van der Waals surface area contributed by atoms with Crippen molar-refractivity contribution in [2.45, 2.75) is 0 Å². The third-order valence-electron chi connectivity index (χ3n) is 0. The van der Waals surface area contributed by atoms with Gasteiger partial charge in [-0.3, -0.25) is 9.11 Å². The molecule has 9 heavy (non-hydrogen) atoms. The van der Waals surface area contributed by atoms with Crippen LogP contribution >= 0.6 is 0 Å². The van der Waals surface area contributed by atoms with Gasteiger partial charge in [0.15, 0.2) is 0 Å². The summed E-state index contributed by atoms with van der Waals surface area (Å²) in [6.07, 6.45) is 0. The monoisotopic (exact) mass is 241 g/mol. The molecule has 0 aliphatic heterocycles. The minimum absolute atomic E-state index is 0. The Morgan fingerprint density at radius 2 is 1.11 bits per heavy atom. The normalized spacial score (nSPS) is 6.44. The first-order chi connectivity index (χ1) is 2.00. The van der Waals surface area contributed by atoms with Crippen molar-refractivity contribution in [1.29, 1.82) is 0 Å². The molecule has 0 amide bonds. The Hall–Kier alpha value is 0.842. The van der Waals surface area contributed by atoms with E-state index in [0.29, 0.717) is 0 Å². The van der Waals surface area contributed by atoms with Crippen LogP contribution in [0, 0.1) is 0 Å². The van der Waals surface area contributed by atoms with Gasteiger partial charge in [-0.25, -0.2) is 0 Å². The molecular formula is H7CrFeNO5S. The van der Waals surface area contributed by atoms with Gasteiger partial charge in [0.1, 0.15) is 0 Å². The second kappa shape index (κ2) is 11.6. The molecule has 9 heteroatoms. The molecule has 0 saturated heterocycles. The Kier molecular flexibility index (Phi) is 42.4. The summed E-state index contributed by atoms with van der Waals surface area (Å²) in [6.45, 7) is 0. The van der Waals surface area contributed by atoms with E-state index in [1.807, 2.05) is 0 Å². The molecule has 0 bridgehead atoms. The summed E-state index contributed by atoms with van der Waals surface area (Å²) in [7, 11) is -4.67. The van der Waals surface area contributed by atoms with Crippen molar-refractivity contribution in [3.8, 4) is 0 Å². The summed E-state index contributed by atoms with van der Waals surface area (Å²) in [4.78, 5) is 0. The maximum atomic E-state index is 8.74. The summed E-state index contributed by atoms with van der Waals surface area (Å²) in [5.74, 6) is 0. The molecule has 0 aliphatic carbocycles. The van der Waals surface area contributed by atoms with Gasteiger partial charge >= 0.3 is 10.4 Å². The summed E-state index contributed by atoms with van der Waals surface area (Å²) in [6, 6.07) is 0. The fourth-order valence-electron chi connectivity index (χ4n) is 0. The molecule has 0 heterocycles. The Bertz CT molecular complexity index is 100. The number of rotatable bonds is 0. The van der Waals surface area contributed by atoms with Crippen molar-refractivity contribution >= 4 is 10.4 Å². The first-order valence-electron chi connectivity index (χ1n) is 0.698. The van der Waals surface area contributed by atoms with Gasteiger partial charge < -0.3 is 11.6 Å². The van der Waals surface area contributed by atoms with Crippen molar-refractivity contribution in [3.05, 3.63) is 0 Å². The van der Waals surface area contributed by atoms with Gasteiger partial charge in [-0.1, -0.05) is 0 Å². The van der Waals surface area contributed by atoms with E-state index in [0.717, 1.165) is 0 Å². The van der Waals surface area contributed by atoms with E-state index >= 15 is 0 Å². The van der Waals surface area contributed by atoms with Crippen LogP contribution in [0.25, 0.3) is 0 Å². The van der Waals surface area contributed by atoms with E-state index in [1.54, 1.807) is 0 Å². The van der Waals surface area contributed by atoms with E-state index in [1.165, 1.54) is 0 Å². The maximum Gasteiger partial charge on any atom is 0.394 e. The number of hydrogen-bond donors (Lipinski definition) is 3. The van der Waals surface area contributed by atoms with Crippen LogP contribution in [0.2, 0.25) is 0 Å². The molecule has 0 spiro atoms. The molecule has 0 aliphatic rings. The average molecular weight is 241 g/mol. The van der Waals surface area contributed by atoms with Crippen molar-refractivity contribution in [2.75, 3.05) is 0 Å². The van der Waals surface area contributed by atoms with Crippen molar-refractivity contribution < 1.29 is 57.4 Å². The SMILES string of the molecule is N.O.O=S(=O)(O)O.[Cr].[Fe]. The van der Waals surface area contributed by atoms with Crippen LogP contribution in [-0.4, -0.2) is 23.0 Å². The van der Waals surface area contributed by atoms with E-state index in [2.05, 4.69) is 0 Å². The molecule has 0 aromatic rings. The van der Waals surface area contributed by atoms with Gasteiger partial charge in [-0.2, -0.15) is 8.42 Å². The average Bonchev–Trinajstić information content (AvgIpc) is 0.722. The second-order valence-corrected chi connectivity index (χ2v) is 1.34. The topological polar surface area (TPSA) is 141 Å². The first-order valence-corrected chi connectivity index (χ1v) is 2.10. The van der Waals surface area contributed by atoms with Gasteiger partial charge in [0.25, 0.3) is 0 Å². The quantitative estimate of drug-likeness (QED) is 0.356. The first kappa shape index (κ1) is 32.8. The van der Waals surface area contributed by atoms with Crippen LogP contribution < -0.4 is 6.15 Å². The summed E-state index contributed by atoms with van der Waals surface area (Å²) >= 11 is 0. The van der Waals surface area contributed by atoms with Crippen LogP contribution in [0.15, 0.2) is 0 Å². The molecule has 0 saturated carbocycles. The Labute approximate surface area is 74.1 Å². The zero-order chi connectivity index (χ0) is 4.50. The van der Waals surface area contributed by atoms with Crippen LogP contribution in [0.4, 0.5) is 0 Å². The van der Waals surface area contributed by atoms with Gasteiger partial charge in [-0.05, 0) is 0 Å².